The Bertz CT molecular complexity index is 605. The third-order valence-corrected chi connectivity index (χ3v) is 5.56. The van der Waals surface area contributed by atoms with Crippen molar-refractivity contribution in [2.24, 2.45) is 0 Å². The molecule has 2 aliphatic rings. The maximum Gasteiger partial charge on any atom is 0.100 e. The maximum atomic E-state index is 6.18. The number of likely N-dealkylation sites (tertiary alicyclic amines) is 1. The van der Waals surface area contributed by atoms with Crippen molar-refractivity contribution in [1.82, 2.24) is 9.88 Å². The Kier molecular flexibility index (Phi) is 4.71. The third-order valence-electron chi connectivity index (χ3n) is 4.69. The Morgan fingerprint density at radius 2 is 2.30 bits per heavy atom. The van der Waals surface area contributed by atoms with E-state index in [2.05, 4.69) is 27.4 Å². The van der Waals surface area contributed by atoms with Crippen LogP contribution < -0.4 is 0 Å². The molecule has 2 aliphatic heterocycles. The van der Waals surface area contributed by atoms with Crippen molar-refractivity contribution in [2.45, 2.75) is 44.2 Å². The lowest BCUT2D eigenvalue weighted by molar-refractivity contribution is -0.0823. The van der Waals surface area contributed by atoms with E-state index in [4.69, 9.17) is 9.47 Å². The van der Waals surface area contributed by atoms with Crippen molar-refractivity contribution in [3.63, 3.8) is 0 Å². The molecule has 0 aliphatic carbocycles. The molecule has 2 saturated heterocycles. The topological polar surface area (TPSA) is 34.6 Å². The van der Waals surface area contributed by atoms with E-state index in [1.54, 1.807) is 0 Å². The summed E-state index contributed by atoms with van der Waals surface area (Å²) >= 11 is 1.83. The highest BCUT2D eigenvalue weighted by Crippen LogP contribution is 2.32. The molecular formula is C18H22N2O2S. The van der Waals surface area contributed by atoms with Crippen molar-refractivity contribution < 1.29 is 9.47 Å². The highest BCUT2D eigenvalue weighted by molar-refractivity contribution is 7.09. The summed E-state index contributed by atoms with van der Waals surface area (Å²) < 4.78 is 12.3. The van der Waals surface area contributed by atoms with E-state index in [1.165, 1.54) is 11.3 Å². The van der Waals surface area contributed by atoms with Gasteiger partial charge >= 0.3 is 0 Å². The number of nitrogens with zero attached hydrogens (tertiary/aromatic N) is 2. The fraction of sp³-hybridized carbons (Fsp3) is 0.500. The predicted molar refractivity (Wildman–Crippen MR) is 90.3 cm³/mol. The molecule has 4 heterocycles. The maximum absolute atomic E-state index is 6.18. The molecule has 5 heteroatoms. The van der Waals surface area contributed by atoms with Gasteiger partial charge in [0.05, 0.1) is 18.4 Å². The minimum atomic E-state index is 0.141. The number of rotatable bonds is 5. The largest absolute Gasteiger partial charge is 0.374 e. The fourth-order valence-electron chi connectivity index (χ4n) is 3.61. The highest BCUT2D eigenvalue weighted by Gasteiger charge is 2.44. The third kappa shape index (κ3) is 3.48. The SMILES string of the molecule is c1ccc(CO[C@@H]2CN(Cc3cccs3)[C@H]3CCCO[C@@H]23)nc1. The Balaban J connectivity index is 1.42. The zero-order valence-electron chi connectivity index (χ0n) is 13.1. The molecule has 2 aromatic rings. The lowest BCUT2D eigenvalue weighted by Gasteiger charge is -2.32. The number of hydrogen-bond acceptors (Lipinski definition) is 5. The van der Waals surface area contributed by atoms with Gasteiger partial charge < -0.3 is 9.47 Å². The average Bonchev–Trinajstić information content (AvgIpc) is 3.23. The molecule has 0 unspecified atom stereocenters. The molecule has 23 heavy (non-hydrogen) atoms. The average molecular weight is 330 g/mol. The highest BCUT2D eigenvalue weighted by atomic mass is 32.1. The molecule has 0 aromatic carbocycles. The van der Waals surface area contributed by atoms with Gasteiger partial charge in [-0.25, -0.2) is 0 Å². The van der Waals surface area contributed by atoms with Gasteiger partial charge in [0, 0.05) is 36.8 Å². The van der Waals surface area contributed by atoms with Crippen LogP contribution >= 0.6 is 11.3 Å². The summed E-state index contributed by atoms with van der Waals surface area (Å²) in [6, 6.07) is 10.8. The van der Waals surface area contributed by atoms with Crippen LogP contribution in [0.15, 0.2) is 41.9 Å². The van der Waals surface area contributed by atoms with Gasteiger partial charge in [-0.1, -0.05) is 12.1 Å². The summed E-state index contributed by atoms with van der Waals surface area (Å²) in [5, 5.41) is 2.15. The monoisotopic (exact) mass is 330 g/mol. The van der Waals surface area contributed by atoms with Crippen LogP contribution in [0.4, 0.5) is 0 Å². The first kappa shape index (κ1) is 15.3. The number of fused-ring (bicyclic) bond motifs is 1. The van der Waals surface area contributed by atoms with Crippen LogP contribution in [0, 0.1) is 0 Å². The molecule has 2 aromatic heterocycles. The van der Waals surface area contributed by atoms with Gasteiger partial charge in [0.15, 0.2) is 0 Å². The second-order valence-corrected chi connectivity index (χ2v) is 7.26. The van der Waals surface area contributed by atoms with Gasteiger partial charge in [0.1, 0.15) is 6.10 Å². The zero-order chi connectivity index (χ0) is 15.5. The van der Waals surface area contributed by atoms with Gasteiger partial charge in [0.2, 0.25) is 0 Å². The van der Waals surface area contributed by atoms with Crippen molar-refractivity contribution in [1.29, 1.82) is 0 Å². The van der Waals surface area contributed by atoms with Crippen molar-refractivity contribution >= 4 is 11.3 Å². The standard InChI is InChI=1S/C18H22N2O2S/c1-2-8-19-14(5-1)13-22-17-12-20(11-15-6-4-10-23-15)16-7-3-9-21-18(16)17/h1-2,4-6,8,10,16-18H,3,7,9,11-13H2/t16-,17+,18+/m0/s1. The van der Waals surface area contributed by atoms with Crippen molar-refractivity contribution in [3.05, 3.63) is 52.5 Å². The van der Waals surface area contributed by atoms with Crippen LogP contribution in [-0.4, -0.2) is 41.3 Å². The Morgan fingerprint density at radius 3 is 3.13 bits per heavy atom. The molecule has 0 amide bonds. The molecule has 0 bridgehead atoms. The van der Waals surface area contributed by atoms with Crippen molar-refractivity contribution in [2.75, 3.05) is 13.2 Å². The molecule has 3 atom stereocenters. The molecule has 122 valence electrons. The molecule has 2 fully saturated rings. The van der Waals surface area contributed by atoms with E-state index in [0.717, 1.165) is 31.8 Å². The van der Waals surface area contributed by atoms with Gasteiger partial charge in [0.25, 0.3) is 0 Å². The molecule has 0 saturated carbocycles. The van der Waals surface area contributed by atoms with Gasteiger partial charge in [-0.3, -0.25) is 9.88 Å². The van der Waals surface area contributed by atoms with E-state index in [0.29, 0.717) is 12.6 Å². The van der Waals surface area contributed by atoms with Crippen LogP contribution in [0.2, 0.25) is 0 Å². The molecule has 4 nitrogen and oxygen atoms in total. The number of ether oxygens (including phenoxy) is 2. The Morgan fingerprint density at radius 1 is 1.30 bits per heavy atom. The van der Waals surface area contributed by atoms with E-state index in [1.807, 2.05) is 35.7 Å². The van der Waals surface area contributed by atoms with Crippen LogP contribution in [0.5, 0.6) is 0 Å². The van der Waals surface area contributed by atoms with E-state index in [-0.39, 0.29) is 12.2 Å². The van der Waals surface area contributed by atoms with Gasteiger partial charge in [-0.2, -0.15) is 0 Å². The normalized spacial score (nSPS) is 27.9. The fourth-order valence-corrected chi connectivity index (χ4v) is 4.34. The van der Waals surface area contributed by atoms with Crippen LogP contribution in [0.3, 0.4) is 0 Å². The second-order valence-electron chi connectivity index (χ2n) is 6.22. The van der Waals surface area contributed by atoms with Crippen LogP contribution in [0.25, 0.3) is 0 Å². The summed E-state index contributed by atoms with van der Waals surface area (Å²) in [6.07, 6.45) is 4.51. The molecule has 0 radical (unpaired) electrons. The first-order valence-corrected chi connectivity index (χ1v) is 9.17. The molecule has 4 rings (SSSR count). The minimum absolute atomic E-state index is 0.141. The smallest absolute Gasteiger partial charge is 0.100 e. The summed E-state index contributed by atoms with van der Waals surface area (Å²) in [4.78, 5) is 8.30. The summed E-state index contributed by atoms with van der Waals surface area (Å²) in [6.45, 7) is 3.37. The number of thiophene rings is 1. The predicted octanol–water partition coefficient (Wildman–Crippen LogP) is 3.09. The lowest BCUT2D eigenvalue weighted by atomic mass is 10.0. The molecule has 0 N–H and O–H groups in total. The van der Waals surface area contributed by atoms with E-state index < -0.39 is 0 Å². The zero-order valence-corrected chi connectivity index (χ0v) is 14.0. The minimum Gasteiger partial charge on any atom is -0.374 e. The first-order valence-electron chi connectivity index (χ1n) is 8.30. The lowest BCUT2D eigenvalue weighted by Crippen LogP contribution is -2.41. The van der Waals surface area contributed by atoms with E-state index in [9.17, 15) is 0 Å². The quantitative estimate of drug-likeness (QED) is 0.844. The molecule has 0 spiro atoms. The van der Waals surface area contributed by atoms with E-state index >= 15 is 0 Å². The first-order chi connectivity index (χ1) is 11.4. The van der Waals surface area contributed by atoms with Gasteiger partial charge in [-0.15, -0.1) is 11.3 Å². The Labute approximate surface area is 141 Å². The van der Waals surface area contributed by atoms with Gasteiger partial charge in [-0.05, 0) is 36.4 Å². The second kappa shape index (κ2) is 7.09. The van der Waals surface area contributed by atoms with Crippen LogP contribution in [0.1, 0.15) is 23.4 Å². The Hall–Kier alpha value is -1.27. The summed E-state index contributed by atoms with van der Waals surface area (Å²) in [7, 11) is 0. The number of aromatic nitrogens is 1. The van der Waals surface area contributed by atoms with Crippen LogP contribution in [-0.2, 0) is 22.6 Å². The van der Waals surface area contributed by atoms with Crippen molar-refractivity contribution in [3.8, 4) is 0 Å². The number of pyridine rings is 1. The number of hydrogen-bond donors (Lipinski definition) is 0. The molecular weight excluding hydrogens is 308 g/mol. The summed E-state index contributed by atoms with van der Waals surface area (Å²) in [5.41, 5.74) is 0.983. The summed E-state index contributed by atoms with van der Waals surface area (Å²) in [5.74, 6) is 0.